The minimum atomic E-state index is -4.06. The summed E-state index contributed by atoms with van der Waals surface area (Å²) >= 11 is 1.96. The first kappa shape index (κ1) is 29.2. The number of rotatable bonds is 13. The lowest BCUT2D eigenvalue weighted by Gasteiger charge is -2.14. The summed E-state index contributed by atoms with van der Waals surface area (Å²) in [4.78, 5) is 12.7. The smallest absolute Gasteiger partial charge is 0.339 e. The average molecular weight is 653 g/mol. The van der Waals surface area contributed by atoms with Crippen molar-refractivity contribution in [1.82, 2.24) is 5.43 Å². The van der Waals surface area contributed by atoms with E-state index in [9.17, 15) is 13.2 Å². The number of hydrogen-bond donors (Lipinski definition) is 1. The summed E-state index contributed by atoms with van der Waals surface area (Å²) in [6.07, 6.45) is 2.28. The summed E-state index contributed by atoms with van der Waals surface area (Å²) in [6, 6.07) is 16.0. The first-order valence-corrected chi connectivity index (χ1v) is 14.5. The van der Waals surface area contributed by atoms with Gasteiger partial charge in [0, 0.05) is 5.56 Å². The van der Waals surface area contributed by atoms with E-state index in [1.807, 2.05) is 36.4 Å². The molecule has 9 nitrogen and oxygen atoms in total. The summed E-state index contributed by atoms with van der Waals surface area (Å²) in [5.41, 5.74) is 3.41. The van der Waals surface area contributed by atoms with Crippen molar-refractivity contribution in [1.29, 1.82) is 0 Å². The van der Waals surface area contributed by atoms with Crippen LogP contribution in [0.4, 0.5) is 0 Å². The number of halogens is 1. The van der Waals surface area contributed by atoms with Gasteiger partial charge in [-0.15, -0.1) is 0 Å². The highest BCUT2D eigenvalue weighted by Crippen LogP contribution is 2.36. The van der Waals surface area contributed by atoms with Crippen molar-refractivity contribution in [3.8, 4) is 23.0 Å². The lowest BCUT2D eigenvalue weighted by molar-refractivity contribution is 0.0954. The third kappa shape index (κ3) is 7.84. The van der Waals surface area contributed by atoms with Crippen LogP contribution in [0.3, 0.4) is 0 Å². The molecule has 0 saturated carbocycles. The molecule has 1 amide bonds. The SMILES string of the molecule is CCCOc1ccc(C(=O)N/N=C/c2cc(I)c(OS(=O)(=O)c3ccccc3)c(OCC)c2)cc1OCC. The van der Waals surface area contributed by atoms with E-state index in [2.05, 4.69) is 10.5 Å². The molecule has 1 N–H and O–H groups in total. The van der Waals surface area contributed by atoms with Crippen LogP contribution < -0.4 is 23.8 Å². The van der Waals surface area contributed by atoms with Gasteiger partial charge in [0.25, 0.3) is 5.91 Å². The molecule has 202 valence electrons. The van der Waals surface area contributed by atoms with Gasteiger partial charge >= 0.3 is 10.1 Å². The fraction of sp³-hybridized carbons (Fsp3) is 0.259. The first-order chi connectivity index (χ1) is 18.3. The molecular formula is C27H29IN2O7S. The number of hydrazone groups is 1. The molecule has 0 aromatic heterocycles. The maximum Gasteiger partial charge on any atom is 0.339 e. The van der Waals surface area contributed by atoms with Crippen LogP contribution in [0.5, 0.6) is 23.0 Å². The van der Waals surface area contributed by atoms with Gasteiger partial charge in [0.15, 0.2) is 23.0 Å². The van der Waals surface area contributed by atoms with Gasteiger partial charge in [0.1, 0.15) is 4.90 Å². The van der Waals surface area contributed by atoms with Crippen LogP contribution in [-0.2, 0) is 10.1 Å². The van der Waals surface area contributed by atoms with Crippen molar-refractivity contribution in [2.75, 3.05) is 19.8 Å². The van der Waals surface area contributed by atoms with Crippen LogP contribution in [0.1, 0.15) is 43.1 Å². The molecule has 0 aliphatic carbocycles. The highest BCUT2D eigenvalue weighted by Gasteiger charge is 2.22. The minimum Gasteiger partial charge on any atom is -0.490 e. The quantitative estimate of drug-likeness (QED) is 0.114. The molecule has 0 unspecified atom stereocenters. The van der Waals surface area contributed by atoms with E-state index in [4.69, 9.17) is 18.4 Å². The van der Waals surface area contributed by atoms with Crippen molar-refractivity contribution in [3.05, 3.63) is 75.4 Å². The fourth-order valence-electron chi connectivity index (χ4n) is 3.23. The van der Waals surface area contributed by atoms with E-state index in [1.54, 1.807) is 55.5 Å². The molecule has 3 aromatic rings. The highest BCUT2D eigenvalue weighted by atomic mass is 127. The molecule has 0 saturated heterocycles. The zero-order chi connectivity index (χ0) is 27.5. The Hall–Kier alpha value is -3.32. The van der Waals surface area contributed by atoms with E-state index in [0.29, 0.717) is 39.4 Å². The van der Waals surface area contributed by atoms with Crippen LogP contribution in [0.25, 0.3) is 0 Å². The third-order valence-electron chi connectivity index (χ3n) is 4.90. The van der Waals surface area contributed by atoms with Crippen LogP contribution in [0.15, 0.2) is 70.7 Å². The Bertz CT molecular complexity index is 1380. The molecule has 0 aliphatic rings. The van der Waals surface area contributed by atoms with Gasteiger partial charge in [0.2, 0.25) is 0 Å². The summed E-state index contributed by atoms with van der Waals surface area (Å²) in [5, 5.41) is 4.05. The van der Waals surface area contributed by atoms with Crippen molar-refractivity contribution in [2.24, 2.45) is 5.10 Å². The Kier molecular flexibility index (Phi) is 10.8. The van der Waals surface area contributed by atoms with Gasteiger partial charge < -0.3 is 18.4 Å². The van der Waals surface area contributed by atoms with Gasteiger partial charge in [0.05, 0.1) is 29.6 Å². The van der Waals surface area contributed by atoms with Crippen LogP contribution in [0.2, 0.25) is 0 Å². The second kappa shape index (κ2) is 14.0. The fourth-order valence-corrected chi connectivity index (χ4v) is 5.09. The molecular weight excluding hydrogens is 623 g/mol. The molecule has 0 aliphatic heterocycles. The summed E-state index contributed by atoms with van der Waals surface area (Å²) in [6.45, 7) is 6.89. The van der Waals surface area contributed by atoms with Crippen molar-refractivity contribution >= 4 is 44.8 Å². The molecule has 3 aromatic carbocycles. The Morgan fingerprint density at radius 1 is 0.921 bits per heavy atom. The van der Waals surface area contributed by atoms with Crippen LogP contribution in [-0.4, -0.2) is 40.4 Å². The van der Waals surface area contributed by atoms with Crippen molar-refractivity contribution in [2.45, 2.75) is 32.1 Å². The number of nitrogens with zero attached hydrogens (tertiary/aromatic N) is 1. The van der Waals surface area contributed by atoms with Gasteiger partial charge in [-0.2, -0.15) is 13.5 Å². The Morgan fingerprint density at radius 2 is 1.63 bits per heavy atom. The summed E-state index contributed by atoms with van der Waals surface area (Å²) in [5.74, 6) is 0.929. The normalized spacial score (nSPS) is 11.3. The molecule has 0 bridgehead atoms. The monoisotopic (exact) mass is 652 g/mol. The Morgan fingerprint density at radius 3 is 2.32 bits per heavy atom. The molecule has 3 rings (SSSR count). The predicted octanol–water partition coefficient (Wildman–Crippen LogP) is 5.41. The third-order valence-corrected chi connectivity index (χ3v) is 6.94. The number of benzene rings is 3. The van der Waals surface area contributed by atoms with E-state index >= 15 is 0 Å². The average Bonchev–Trinajstić information content (AvgIpc) is 2.90. The standard InChI is InChI=1S/C27H29IN2O7S/c1-4-14-36-23-13-12-20(17-24(23)34-5-2)27(31)30-29-18-19-15-22(28)26(25(16-19)35-6-3)37-38(32,33)21-10-8-7-9-11-21/h7-13,15-18H,4-6,14H2,1-3H3,(H,30,31)/b29-18+. The molecule has 0 radical (unpaired) electrons. The van der Waals surface area contributed by atoms with E-state index < -0.39 is 16.0 Å². The molecule has 11 heteroatoms. The van der Waals surface area contributed by atoms with E-state index in [0.717, 1.165) is 6.42 Å². The number of hydrogen-bond acceptors (Lipinski definition) is 8. The predicted molar refractivity (Wildman–Crippen MR) is 153 cm³/mol. The number of carbonyl (C=O) groups excluding carboxylic acids is 1. The van der Waals surface area contributed by atoms with Crippen LogP contribution >= 0.6 is 22.6 Å². The van der Waals surface area contributed by atoms with Gasteiger partial charge in [-0.05, 0) is 90.9 Å². The van der Waals surface area contributed by atoms with Crippen LogP contribution in [0, 0.1) is 3.57 Å². The lowest BCUT2D eigenvalue weighted by atomic mass is 10.2. The zero-order valence-corrected chi connectivity index (χ0v) is 24.2. The molecule has 0 atom stereocenters. The van der Waals surface area contributed by atoms with Gasteiger partial charge in [-0.1, -0.05) is 25.1 Å². The minimum absolute atomic E-state index is 0.0315. The maximum atomic E-state index is 12.7. The van der Waals surface area contributed by atoms with E-state index in [-0.39, 0.29) is 23.0 Å². The number of amides is 1. The molecule has 38 heavy (non-hydrogen) atoms. The molecule has 0 spiro atoms. The second-order valence-electron chi connectivity index (χ2n) is 7.76. The summed E-state index contributed by atoms with van der Waals surface area (Å²) < 4.78 is 48.3. The molecule has 0 heterocycles. The number of ether oxygens (including phenoxy) is 3. The highest BCUT2D eigenvalue weighted by molar-refractivity contribution is 14.1. The number of carbonyl (C=O) groups is 1. The largest absolute Gasteiger partial charge is 0.490 e. The van der Waals surface area contributed by atoms with Gasteiger partial charge in [-0.25, -0.2) is 5.43 Å². The van der Waals surface area contributed by atoms with Crippen molar-refractivity contribution in [3.63, 3.8) is 0 Å². The Balaban J connectivity index is 1.77. The second-order valence-corrected chi connectivity index (χ2v) is 10.5. The maximum absolute atomic E-state index is 12.7. The topological polar surface area (TPSA) is 113 Å². The number of nitrogens with one attached hydrogen (secondary N) is 1. The first-order valence-electron chi connectivity index (χ1n) is 12.0. The lowest BCUT2D eigenvalue weighted by Crippen LogP contribution is -2.18. The zero-order valence-electron chi connectivity index (χ0n) is 21.3. The van der Waals surface area contributed by atoms with E-state index in [1.165, 1.54) is 18.3 Å². The van der Waals surface area contributed by atoms with Crippen molar-refractivity contribution < 1.29 is 31.6 Å². The van der Waals surface area contributed by atoms with Gasteiger partial charge in [-0.3, -0.25) is 4.79 Å². The summed E-state index contributed by atoms with van der Waals surface area (Å²) in [7, 11) is -4.06. The Labute approximate surface area is 236 Å². The molecule has 0 fully saturated rings.